The molecule has 0 unspecified atom stereocenters. The summed E-state index contributed by atoms with van der Waals surface area (Å²) in [6.07, 6.45) is 4.57. The van der Waals surface area contributed by atoms with Crippen LogP contribution >= 0.6 is 0 Å². The number of likely N-dealkylation sites (tertiary alicyclic amines) is 1. The van der Waals surface area contributed by atoms with Crippen molar-refractivity contribution >= 4 is 22.8 Å². The largest absolute Gasteiger partial charge is 0.457 e. The lowest BCUT2D eigenvalue weighted by molar-refractivity contribution is -0.128. The third-order valence-electron chi connectivity index (χ3n) is 9.82. The molecule has 254 valence electrons. The first kappa shape index (κ1) is 32.6. The van der Waals surface area contributed by atoms with E-state index in [9.17, 15) is 10.1 Å². The average Bonchev–Trinajstić information content (AvgIpc) is 3.51. The number of nitrogens with two attached hydrogens (primary N) is 1. The summed E-state index contributed by atoms with van der Waals surface area (Å²) < 4.78 is 28.9. The first-order valence-electron chi connectivity index (χ1n) is 16.7. The van der Waals surface area contributed by atoms with Gasteiger partial charge in [-0.3, -0.25) is 14.6 Å². The number of nitrogen functional groups attached to an aromatic ring is 1. The quantitative estimate of drug-likeness (QED) is 0.223. The predicted molar refractivity (Wildman–Crippen MR) is 182 cm³/mol. The molecule has 5 heterocycles. The number of benzene rings is 2. The van der Waals surface area contributed by atoms with Gasteiger partial charge in [-0.05, 0) is 57.0 Å². The van der Waals surface area contributed by atoms with E-state index in [-0.39, 0.29) is 28.9 Å². The summed E-state index contributed by atoms with van der Waals surface area (Å²) in [5.41, 5.74) is 6.93. The Morgan fingerprint density at radius 1 is 1.08 bits per heavy atom. The van der Waals surface area contributed by atoms with E-state index in [1.165, 1.54) is 12.4 Å². The molecule has 2 aromatic carbocycles. The molecule has 0 bridgehead atoms. The minimum Gasteiger partial charge on any atom is -0.457 e. The Balaban J connectivity index is 1.13. The molecule has 7 rings (SSSR count). The molecule has 0 spiro atoms. The molecule has 0 radical (unpaired) electrons. The molecular weight excluding hydrogens is 625 g/mol. The normalized spacial score (nSPS) is 20.9. The molecule has 3 fully saturated rings. The zero-order valence-corrected chi connectivity index (χ0v) is 27.8. The molecule has 2 aromatic heterocycles. The fourth-order valence-corrected chi connectivity index (χ4v) is 7.18. The van der Waals surface area contributed by atoms with Crippen molar-refractivity contribution in [2.75, 3.05) is 58.2 Å². The molecule has 0 saturated carbocycles. The number of rotatable bonds is 7. The maximum Gasteiger partial charge on any atom is 0.264 e. The molecule has 2 atom stereocenters. The van der Waals surface area contributed by atoms with Crippen LogP contribution < -0.4 is 10.5 Å². The van der Waals surface area contributed by atoms with Crippen LogP contribution in [-0.2, 0) is 9.53 Å². The second kappa shape index (κ2) is 13.5. The number of hydrogen-bond acceptors (Lipinski definition) is 10. The number of morpholine rings is 1. The van der Waals surface area contributed by atoms with E-state index < -0.39 is 11.4 Å². The van der Waals surface area contributed by atoms with E-state index in [1.807, 2.05) is 24.3 Å². The predicted octanol–water partition coefficient (Wildman–Crippen LogP) is 4.42. The number of piperidine rings is 1. The van der Waals surface area contributed by atoms with Gasteiger partial charge in [0.25, 0.3) is 5.91 Å². The van der Waals surface area contributed by atoms with Crippen LogP contribution in [0.5, 0.6) is 11.5 Å². The SMILES string of the molecule is CC(C)(C=C(C#N)C(=O)N1CCC[C@H](n2nc(-c3ccc(Oc4ccccc4)cc3F)c3c(N)ncnc32)C1)N1CCN2CCOC[C@H]2C1. The van der Waals surface area contributed by atoms with Crippen LogP contribution in [0.4, 0.5) is 10.2 Å². The highest BCUT2D eigenvalue weighted by Gasteiger charge is 2.37. The van der Waals surface area contributed by atoms with Gasteiger partial charge in [0.2, 0.25) is 0 Å². The topological polar surface area (TPSA) is 139 Å². The first-order chi connectivity index (χ1) is 23.7. The Morgan fingerprint density at radius 3 is 2.71 bits per heavy atom. The van der Waals surface area contributed by atoms with Crippen molar-refractivity contribution in [2.24, 2.45) is 0 Å². The Morgan fingerprint density at radius 2 is 1.92 bits per heavy atom. The second-order valence-electron chi connectivity index (χ2n) is 13.4. The zero-order valence-electron chi connectivity index (χ0n) is 27.8. The Bertz CT molecular complexity index is 1920. The number of fused-ring (bicyclic) bond motifs is 2. The molecule has 3 saturated heterocycles. The van der Waals surface area contributed by atoms with E-state index >= 15 is 4.39 Å². The van der Waals surface area contributed by atoms with Gasteiger partial charge < -0.3 is 20.1 Å². The van der Waals surface area contributed by atoms with Crippen molar-refractivity contribution in [1.29, 1.82) is 5.26 Å². The first-order valence-corrected chi connectivity index (χ1v) is 16.7. The van der Waals surface area contributed by atoms with Crippen LogP contribution in [0.15, 0.2) is 66.5 Å². The fraction of sp³-hybridized carbons (Fsp3) is 0.417. The maximum absolute atomic E-state index is 15.7. The number of halogens is 1. The second-order valence-corrected chi connectivity index (χ2v) is 13.4. The number of anilines is 1. The maximum atomic E-state index is 15.7. The smallest absolute Gasteiger partial charge is 0.264 e. The van der Waals surface area contributed by atoms with Gasteiger partial charge in [0.1, 0.15) is 46.8 Å². The van der Waals surface area contributed by atoms with Crippen LogP contribution in [0.1, 0.15) is 32.7 Å². The van der Waals surface area contributed by atoms with Gasteiger partial charge in [-0.25, -0.2) is 19.0 Å². The Hall–Kier alpha value is -4.90. The van der Waals surface area contributed by atoms with Crippen molar-refractivity contribution in [3.8, 4) is 28.8 Å². The zero-order chi connectivity index (χ0) is 34.1. The highest BCUT2D eigenvalue weighted by molar-refractivity contribution is 5.99. The minimum atomic E-state index is -0.535. The van der Waals surface area contributed by atoms with Crippen LogP contribution in [0.2, 0.25) is 0 Å². The summed E-state index contributed by atoms with van der Waals surface area (Å²) in [4.78, 5) is 29.1. The van der Waals surface area contributed by atoms with E-state index in [1.54, 1.807) is 33.8 Å². The van der Waals surface area contributed by atoms with Gasteiger partial charge in [0, 0.05) is 62.5 Å². The monoisotopic (exact) mass is 665 g/mol. The lowest BCUT2D eigenvalue weighted by Crippen LogP contribution is -2.61. The number of piperazine rings is 1. The molecular formula is C36H40FN9O3. The molecule has 49 heavy (non-hydrogen) atoms. The van der Waals surface area contributed by atoms with Crippen LogP contribution in [0, 0.1) is 17.1 Å². The highest BCUT2D eigenvalue weighted by Crippen LogP contribution is 2.36. The average molecular weight is 666 g/mol. The summed E-state index contributed by atoms with van der Waals surface area (Å²) in [6, 6.07) is 16.0. The molecule has 2 N–H and O–H groups in total. The lowest BCUT2D eigenvalue weighted by atomic mass is 9.95. The van der Waals surface area contributed by atoms with Gasteiger partial charge in [0.15, 0.2) is 5.65 Å². The Labute approximate surface area is 284 Å². The van der Waals surface area contributed by atoms with Gasteiger partial charge in [-0.2, -0.15) is 10.4 Å². The van der Waals surface area contributed by atoms with Crippen molar-refractivity contribution < 1.29 is 18.7 Å². The summed E-state index contributed by atoms with van der Waals surface area (Å²) >= 11 is 0. The standard InChI is InChI=1S/C36H40FN9O3/c1-36(2,45-14-13-43-15-16-48-22-26(43)21-45)18-24(19-38)35(47)44-12-6-7-25(20-44)46-34-31(33(39)40-23-41-34)32(42-46)29-11-10-28(17-30(29)37)49-27-8-4-3-5-9-27/h3-5,8-11,17-18,23,25-26H,6-7,12-16,20-22H2,1-2H3,(H2,39,40,41)/t25-,26+/m0/s1. The third-order valence-corrected chi connectivity index (χ3v) is 9.82. The number of carbonyl (C=O) groups excluding carboxylic acids is 1. The van der Waals surface area contributed by atoms with E-state index in [4.69, 9.17) is 20.3 Å². The Kier molecular flexibility index (Phi) is 9.02. The number of para-hydroxylation sites is 1. The van der Waals surface area contributed by atoms with Gasteiger partial charge in [0.05, 0.1) is 24.6 Å². The molecule has 3 aliphatic heterocycles. The van der Waals surface area contributed by atoms with Gasteiger partial charge >= 0.3 is 0 Å². The van der Waals surface area contributed by atoms with Gasteiger partial charge in [-0.15, -0.1) is 0 Å². The molecule has 3 aliphatic rings. The summed E-state index contributed by atoms with van der Waals surface area (Å²) in [6.45, 7) is 9.89. The molecule has 0 aliphatic carbocycles. The number of ether oxygens (including phenoxy) is 2. The highest BCUT2D eigenvalue weighted by atomic mass is 19.1. The number of nitrogens with zero attached hydrogens (tertiary/aromatic N) is 8. The van der Waals surface area contributed by atoms with Crippen molar-refractivity contribution in [2.45, 2.75) is 44.3 Å². The van der Waals surface area contributed by atoms with Crippen LogP contribution in [0.3, 0.4) is 0 Å². The van der Waals surface area contributed by atoms with E-state index in [0.717, 1.165) is 32.8 Å². The fourth-order valence-electron chi connectivity index (χ4n) is 7.18. The third kappa shape index (κ3) is 6.59. The number of carbonyl (C=O) groups is 1. The molecule has 12 nitrogen and oxygen atoms in total. The number of amides is 1. The van der Waals surface area contributed by atoms with E-state index in [0.29, 0.717) is 66.8 Å². The number of hydrogen-bond donors (Lipinski definition) is 1. The summed E-state index contributed by atoms with van der Waals surface area (Å²) in [5, 5.41) is 15.5. The van der Waals surface area contributed by atoms with Crippen molar-refractivity contribution in [1.82, 2.24) is 34.4 Å². The lowest BCUT2D eigenvalue weighted by Gasteiger charge is -2.48. The minimum absolute atomic E-state index is 0.116. The van der Waals surface area contributed by atoms with Gasteiger partial charge in [-0.1, -0.05) is 18.2 Å². The summed E-state index contributed by atoms with van der Waals surface area (Å²) in [7, 11) is 0. The number of nitriles is 1. The molecule has 13 heteroatoms. The van der Waals surface area contributed by atoms with Crippen LogP contribution in [0.25, 0.3) is 22.3 Å². The molecule has 1 amide bonds. The molecule has 4 aromatic rings. The summed E-state index contributed by atoms with van der Waals surface area (Å²) in [5.74, 6) is 0.264. The van der Waals surface area contributed by atoms with Crippen LogP contribution in [-0.4, -0.2) is 104 Å². The van der Waals surface area contributed by atoms with Crippen molar-refractivity contribution in [3.63, 3.8) is 0 Å². The van der Waals surface area contributed by atoms with E-state index in [2.05, 4.69) is 39.7 Å². The van der Waals surface area contributed by atoms with Crippen molar-refractivity contribution in [3.05, 3.63) is 72.3 Å². The number of aromatic nitrogens is 4.